The molecule has 128 valence electrons. The highest BCUT2D eigenvalue weighted by atomic mass is 16.5. The Morgan fingerprint density at radius 1 is 1.00 bits per heavy atom. The van der Waals surface area contributed by atoms with Crippen LogP contribution in [0.15, 0.2) is 48.5 Å². The fraction of sp³-hybridized carbons (Fsp3) is 0.429. The van der Waals surface area contributed by atoms with Crippen molar-refractivity contribution in [2.45, 2.75) is 38.8 Å². The van der Waals surface area contributed by atoms with Gasteiger partial charge in [0.1, 0.15) is 18.0 Å². The van der Waals surface area contributed by atoms with Gasteiger partial charge in [0.15, 0.2) is 0 Å². The first-order valence-corrected chi connectivity index (χ1v) is 8.73. The van der Waals surface area contributed by atoms with Crippen molar-refractivity contribution in [1.29, 1.82) is 0 Å². The Morgan fingerprint density at radius 3 is 2.38 bits per heavy atom. The van der Waals surface area contributed by atoms with E-state index in [-0.39, 0.29) is 0 Å². The van der Waals surface area contributed by atoms with E-state index >= 15 is 0 Å². The van der Waals surface area contributed by atoms with E-state index in [1.165, 1.54) is 16.7 Å². The fourth-order valence-electron chi connectivity index (χ4n) is 3.13. The second-order valence-electron chi connectivity index (χ2n) is 7.02. The molecule has 0 bridgehead atoms. The molecule has 0 spiro atoms. The molecule has 1 fully saturated rings. The Balaban J connectivity index is 1.50. The Bertz CT molecular complexity index is 661. The molecule has 1 saturated heterocycles. The summed E-state index contributed by atoms with van der Waals surface area (Å²) in [5.41, 5.74) is 3.09. The molecule has 1 N–H and O–H groups in total. The van der Waals surface area contributed by atoms with Crippen molar-refractivity contribution in [3.05, 3.63) is 65.2 Å². The summed E-state index contributed by atoms with van der Waals surface area (Å²) in [6.07, 6.45) is 1.51. The van der Waals surface area contributed by atoms with Crippen LogP contribution >= 0.6 is 0 Å². The monoisotopic (exact) mass is 325 g/mol. The van der Waals surface area contributed by atoms with Crippen molar-refractivity contribution >= 4 is 0 Å². The van der Waals surface area contributed by atoms with E-state index < -0.39 is 5.60 Å². The molecule has 2 aromatic rings. The smallest absolute Gasteiger partial charge is 0.119 e. The molecule has 1 heterocycles. The second-order valence-corrected chi connectivity index (χ2v) is 7.02. The summed E-state index contributed by atoms with van der Waals surface area (Å²) in [5, 5.41) is 10.8. The van der Waals surface area contributed by atoms with Crippen LogP contribution < -0.4 is 4.74 Å². The Labute approximate surface area is 144 Å². The van der Waals surface area contributed by atoms with Crippen LogP contribution in [0.4, 0.5) is 0 Å². The molecule has 0 amide bonds. The quantitative estimate of drug-likeness (QED) is 0.909. The van der Waals surface area contributed by atoms with E-state index in [1.807, 2.05) is 18.2 Å². The lowest BCUT2D eigenvalue weighted by Gasteiger charge is -2.38. The second kappa shape index (κ2) is 7.37. The summed E-state index contributed by atoms with van der Waals surface area (Å²) in [5.74, 6) is 0.846. The average molecular weight is 325 g/mol. The van der Waals surface area contributed by atoms with Crippen molar-refractivity contribution < 1.29 is 9.84 Å². The minimum atomic E-state index is -0.716. The van der Waals surface area contributed by atoms with Gasteiger partial charge in [0.2, 0.25) is 0 Å². The summed E-state index contributed by atoms with van der Waals surface area (Å²) in [6, 6.07) is 16.6. The van der Waals surface area contributed by atoms with Crippen molar-refractivity contribution in [3.63, 3.8) is 0 Å². The lowest BCUT2D eigenvalue weighted by atomic mass is 9.92. The number of likely N-dealkylation sites (tertiary alicyclic amines) is 1. The Morgan fingerprint density at radius 2 is 1.71 bits per heavy atom. The molecule has 3 heteroatoms. The zero-order valence-electron chi connectivity index (χ0n) is 14.7. The van der Waals surface area contributed by atoms with Gasteiger partial charge in [-0.3, -0.25) is 4.90 Å². The predicted octanol–water partition coefficient (Wildman–Crippen LogP) is 3.71. The summed E-state index contributed by atoms with van der Waals surface area (Å²) < 4.78 is 5.87. The van der Waals surface area contributed by atoms with Gasteiger partial charge < -0.3 is 9.84 Å². The summed E-state index contributed by atoms with van der Waals surface area (Å²) >= 11 is 0. The van der Waals surface area contributed by atoms with Crippen LogP contribution in [-0.2, 0) is 6.54 Å². The van der Waals surface area contributed by atoms with Crippen molar-refractivity contribution in [1.82, 2.24) is 4.90 Å². The number of aryl methyl sites for hydroxylation is 2. The van der Waals surface area contributed by atoms with Gasteiger partial charge in [-0.1, -0.05) is 36.4 Å². The van der Waals surface area contributed by atoms with Crippen LogP contribution in [0.3, 0.4) is 0 Å². The highest BCUT2D eigenvalue weighted by molar-refractivity contribution is 5.33. The Hall–Kier alpha value is -1.84. The molecule has 0 saturated carbocycles. The third kappa shape index (κ3) is 4.37. The molecule has 0 unspecified atom stereocenters. The summed E-state index contributed by atoms with van der Waals surface area (Å²) in [7, 11) is 0. The lowest BCUT2D eigenvalue weighted by Crippen LogP contribution is -2.47. The van der Waals surface area contributed by atoms with Crippen molar-refractivity contribution in [2.24, 2.45) is 0 Å². The van der Waals surface area contributed by atoms with Crippen molar-refractivity contribution in [2.75, 3.05) is 19.7 Å². The van der Waals surface area contributed by atoms with Gasteiger partial charge in [-0.2, -0.15) is 0 Å². The average Bonchev–Trinajstić information content (AvgIpc) is 2.59. The number of benzene rings is 2. The highest BCUT2D eigenvalue weighted by Crippen LogP contribution is 2.25. The molecular weight excluding hydrogens is 298 g/mol. The van der Waals surface area contributed by atoms with Gasteiger partial charge in [-0.05, 0) is 55.5 Å². The van der Waals surface area contributed by atoms with Gasteiger partial charge in [-0.25, -0.2) is 0 Å². The van der Waals surface area contributed by atoms with Crippen molar-refractivity contribution in [3.8, 4) is 5.75 Å². The molecule has 0 aliphatic carbocycles. The van der Waals surface area contributed by atoms with E-state index in [0.717, 1.165) is 38.2 Å². The molecule has 0 atom stereocenters. The number of rotatable bonds is 5. The van der Waals surface area contributed by atoms with Gasteiger partial charge >= 0.3 is 0 Å². The molecule has 0 radical (unpaired) electrons. The molecule has 24 heavy (non-hydrogen) atoms. The first-order valence-electron chi connectivity index (χ1n) is 8.73. The predicted molar refractivity (Wildman–Crippen MR) is 97.3 cm³/mol. The number of hydrogen-bond acceptors (Lipinski definition) is 3. The number of ether oxygens (including phenoxy) is 1. The van der Waals surface area contributed by atoms with Gasteiger partial charge in [-0.15, -0.1) is 0 Å². The van der Waals surface area contributed by atoms with E-state index in [2.05, 4.69) is 49.1 Å². The van der Waals surface area contributed by atoms with Gasteiger partial charge in [0.05, 0.1) is 0 Å². The van der Waals surface area contributed by atoms with Crippen LogP contribution in [0.5, 0.6) is 5.75 Å². The number of piperidine rings is 1. The summed E-state index contributed by atoms with van der Waals surface area (Å²) in [6.45, 7) is 7.31. The topological polar surface area (TPSA) is 32.7 Å². The van der Waals surface area contributed by atoms with E-state index in [1.54, 1.807) is 0 Å². The SMILES string of the molecule is Cc1ccc(OCC2(O)CCN(Cc3ccccc3)CC2)cc1C. The summed E-state index contributed by atoms with van der Waals surface area (Å²) in [4.78, 5) is 2.40. The molecule has 3 nitrogen and oxygen atoms in total. The fourth-order valence-corrected chi connectivity index (χ4v) is 3.13. The number of aliphatic hydroxyl groups is 1. The van der Waals surface area contributed by atoms with Crippen LogP contribution in [0.25, 0.3) is 0 Å². The standard InChI is InChI=1S/C21H27NO2/c1-17-8-9-20(14-18(17)2)24-16-21(23)10-12-22(13-11-21)15-19-6-4-3-5-7-19/h3-9,14,23H,10-13,15-16H2,1-2H3. The normalized spacial score (nSPS) is 17.6. The van der Waals surface area contributed by atoms with Crippen LogP contribution in [0, 0.1) is 13.8 Å². The van der Waals surface area contributed by atoms with E-state index in [9.17, 15) is 5.11 Å². The zero-order chi connectivity index (χ0) is 17.0. The minimum absolute atomic E-state index is 0.370. The lowest BCUT2D eigenvalue weighted by molar-refractivity contribution is -0.0537. The van der Waals surface area contributed by atoms with E-state index in [4.69, 9.17) is 4.74 Å². The zero-order valence-corrected chi connectivity index (χ0v) is 14.7. The number of nitrogens with zero attached hydrogens (tertiary/aromatic N) is 1. The third-order valence-corrected chi connectivity index (χ3v) is 5.02. The highest BCUT2D eigenvalue weighted by Gasteiger charge is 2.33. The molecule has 0 aromatic heterocycles. The van der Waals surface area contributed by atoms with Gasteiger partial charge in [0.25, 0.3) is 0 Å². The molecule has 2 aromatic carbocycles. The van der Waals surface area contributed by atoms with Crippen LogP contribution in [0.1, 0.15) is 29.5 Å². The van der Waals surface area contributed by atoms with Crippen LogP contribution in [-0.4, -0.2) is 35.3 Å². The van der Waals surface area contributed by atoms with Gasteiger partial charge in [0, 0.05) is 19.6 Å². The van der Waals surface area contributed by atoms with E-state index in [0.29, 0.717) is 6.61 Å². The first kappa shape index (κ1) is 17.0. The first-order chi connectivity index (χ1) is 11.5. The maximum absolute atomic E-state index is 10.8. The molecule has 1 aliphatic rings. The Kier molecular flexibility index (Phi) is 5.22. The molecular formula is C21H27NO2. The maximum Gasteiger partial charge on any atom is 0.119 e. The molecule has 1 aliphatic heterocycles. The minimum Gasteiger partial charge on any atom is -0.491 e. The largest absolute Gasteiger partial charge is 0.491 e. The number of hydrogen-bond donors (Lipinski definition) is 1. The third-order valence-electron chi connectivity index (χ3n) is 5.02. The molecule has 3 rings (SSSR count). The maximum atomic E-state index is 10.8. The van der Waals surface area contributed by atoms with Crippen LogP contribution in [0.2, 0.25) is 0 Å².